The van der Waals surface area contributed by atoms with Crippen LogP contribution in [-0.2, 0) is 38.8 Å². The summed E-state index contributed by atoms with van der Waals surface area (Å²) in [6, 6.07) is 25.1. The molecule has 2 amide bonds. The Morgan fingerprint density at radius 1 is 0.875 bits per heavy atom. The molecule has 48 heavy (non-hydrogen) atoms. The fraction of sp³-hybridized carbons (Fsp3) is 0.278. The fourth-order valence-electron chi connectivity index (χ4n) is 5.08. The molecule has 0 aliphatic heterocycles. The van der Waals surface area contributed by atoms with Crippen LogP contribution in [0.1, 0.15) is 42.0 Å². The highest BCUT2D eigenvalue weighted by molar-refractivity contribution is 7.92. The number of rotatable bonds is 14. The lowest BCUT2D eigenvalue weighted by Gasteiger charge is -2.34. The van der Waals surface area contributed by atoms with Crippen LogP contribution in [0.5, 0.6) is 0 Å². The van der Waals surface area contributed by atoms with Crippen molar-refractivity contribution in [3.8, 4) is 0 Å². The third kappa shape index (κ3) is 9.38. The summed E-state index contributed by atoms with van der Waals surface area (Å²) in [5, 5.41) is 2.28. The second-order valence-electron chi connectivity index (χ2n) is 11.3. The van der Waals surface area contributed by atoms with E-state index in [-0.39, 0.29) is 17.9 Å². The molecule has 7 nitrogen and oxygen atoms in total. The molecule has 0 saturated carbocycles. The van der Waals surface area contributed by atoms with Gasteiger partial charge in [-0.3, -0.25) is 13.9 Å². The predicted octanol–water partition coefficient (Wildman–Crippen LogP) is 7.42. The number of nitrogens with one attached hydrogen (secondary N) is 1. The van der Waals surface area contributed by atoms with Crippen LogP contribution in [0.4, 0.5) is 18.9 Å². The molecule has 1 atom stereocenters. The third-order valence-electron chi connectivity index (χ3n) is 7.73. The second-order valence-corrected chi connectivity index (χ2v) is 13.6. The summed E-state index contributed by atoms with van der Waals surface area (Å²) >= 11 is 5.87. The average molecular weight is 700 g/mol. The smallest absolute Gasteiger partial charge is 0.354 e. The summed E-state index contributed by atoms with van der Waals surface area (Å²) in [6.07, 6.45) is -3.25. The summed E-state index contributed by atoms with van der Waals surface area (Å²) in [7, 11) is -4.58. The van der Waals surface area contributed by atoms with Gasteiger partial charge in [0.2, 0.25) is 11.8 Å². The molecule has 0 spiro atoms. The summed E-state index contributed by atoms with van der Waals surface area (Å²) < 4.78 is 70.5. The number of unbranched alkanes of at least 4 members (excludes halogenated alkanes) is 1. The largest absolute Gasteiger partial charge is 0.417 e. The van der Waals surface area contributed by atoms with E-state index in [9.17, 15) is 31.2 Å². The third-order valence-corrected chi connectivity index (χ3v) is 9.85. The standard InChI is InChI=1S/C36H37ClF3N3O4S/c1-3-4-21-41-35(45)33(22-27-11-7-5-8-12-27)42(24-28-17-15-26(2)16-18-28)34(44)25-43(48(46,47)30-13-9-6-10-14-30)29-19-20-32(37)31(23-29)36(38,39)40/h5-20,23,33H,3-4,21-22,24-25H2,1-2H3,(H,41,45)/t33-/m0/s1. The van der Waals surface area contributed by atoms with E-state index in [2.05, 4.69) is 5.32 Å². The molecule has 0 aliphatic rings. The molecule has 4 aromatic carbocycles. The molecule has 1 N–H and O–H groups in total. The van der Waals surface area contributed by atoms with Crippen molar-refractivity contribution in [2.75, 3.05) is 17.4 Å². The van der Waals surface area contributed by atoms with Gasteiger partial charge in [-0.2, -0.15) is 13.2 Å². The molecular formula is C36H37ClF3N3O4S. The van der Waals surface area contributed by atoms with Gasteiger partial charge in [0.05, 0.1) is 21.2 Å². The number of carbonyl (C=O) groups is 2. The first-order valence-electron chi connectivity index (χ1n) is 15.4. The number of nitrogens with zero attached hydrogens (tertiary/aromatic N) is 2. The molecule has 0 fully saturated rings. The van der Waals surface area contributed by atoms with Crippen molar-refractivity contribution < 1.29 is 31.2 Å². The molecule has 0 saturated heterocycles. The van der Waals surface area contributed by atoms with Gasteiger partial charge in [-0.1, -0.05) is 103 Å². The first-order valence-corrected chi connectivity index (χ1v) is 17.2. The number of anilines is 1. The van der Waals surface area contributed by atoms with Crippen LogP contribution in [0.3, 0.4) is 0 Å². The number of carbonyl (C=O) groups excluding carboxylic acids is 2. The number of alkyl halides is 3. The quantitative estimate of drug-likeness (QED) is 0.139. The normalized spacial score (nSPS) is 12.3. The Bertz CT molecular complexity index is 1790. The van der Waals surface area contributed by atoms with Crippen molar-refractivity contribution in [2.45, 2.75) is 56.8 Å². The van der Waals surface area contributed by atoms with E-state index in [1.54, 1.807) is 30.3 Å². The van der Waals surface area contributed by atoms with Crippen molar-refractivity contribution in [1.29, 1.82) is 0 Å². The lowest BCUT2D eigenvalue weighted by molar-refractivity contribution is -0.140. The minimum Gasteiger partial charge on any atom is -0.354 e. The Morgan fingerprint density at radius 2 is 1.50 bits per heavy atom. The number of amides is 2. The number of halogens is 4. The lowest BCUT2D eigenvalue weighted by atomic mass is 10.0. The highest BCUT2D eigenvalue weighted by atomic mass is 35.5. The first kappa shape index (κ1) is 36.5. The van der Waals surface area contributed by atoms with E-state index < -0.39 is 56.9 Å². The predicted molar refractivity (Wildman–Crippen MR) is 181 cm³/mol. The van der Waals surface area contributed by atoms with Gasteiger partial charge in [0.1, 0.15) is 12.6 Å². The molecule has 0 aromatic heterocycles. The highest BCUT2D eigenvalue weighted by Crippen LogP contribution is 2.38. The molecule has 4 aromatic rings. The summed E-state index contributed by atoms with van der Waals surface area (Å²) in [5.74, 6) is -1.22. The Morgan fingerprint density at radius 3 is 2.10 bits per heavy atom. The number of aryl methyl sites for hydroxylation is 1. The SMILES string of the molecule is CCCCNC(=O)[C@H](Cc1ccccc1)N(Cc1ccc(C)cc1)C(=O)CN(c1ccc(Cl)c(C(F)(F)F)c1)S(=O)(=O)c1ccccc1. The van der Waals surface area contributed by atoms with Gasteiger partial charge in [0, 0.05) is 19.5 Å². The molecule has 0 unspecified atom stereocenters. The van der Waals surface area contributed by atoms with Gasteiger partial charge in [-0.25, -0.2) is 8.42 Å². The van der Waals surface area contributed by atoms with Crippen molar-refractivity contribution in [3.63, 3.8) is 0 Å². The van der Waals surface area contributed by atoms with Crippen molar-refractivity contribution in [1.82, 2.24) is 10.2 Å². The lowest BCUT2D eigenvalue weighted by Crippen LogP contribution is -2.53. The van der Waals surface area contributed by atoms with Crippen molar-refractivity contribution in [3.05, 3.63) is 130 Å². The maximum absolute atomic E-state index is 14.5. The first-order chi connectivity index (χ1) is 22.8. The maximum Gasteiger partial charge on any atom is 0.417 e. The monoisotopic (exact) mass is 699 g/mol. The Kier molecular flexibility index (Phi) is 12.3. The van der Waals surface area contributed by atoms with Gasteiger partial charge in [0.15, 0.2) is 0 Å². The Labute approximate surface area is 284 Å². The Hall–Kier alpha value is -4.35. The van der Waals surface area contributed by atoms with Crippen LogP contribution in [0.15, 0.2) is 108 Å². The topological polar surface area (TPSA) is 86.8 Å². The summed E-state index contributed by atoms with van der Waals surface area (Å²) in [4.78, 5) is 29.4. The molecule has 4 rings (SSSR count). The zero-order valence-corrected chi connectivity index (χ0v) is 28.2. The van der Waals surface area contributed by atoms with E-state index in [1.165, 1.54) is 29.2 Å². The van der Waals surface area contributed by atoms with Crippen molar-refractivity contribution >= 4 is 39.1 Å². The fourth-order valence-corrected chi connectivity index (χ4v) is 6.74. The van der Waals surface area contributed by atoms with E-state index in [0.717, 1.165) is 29.7 Å². The molecule has 0 heterocycles. The molecule has 0 radical (unpaired) electrons. The summed E-state index contributed by atoms with van der Waals surface area (Å²) in [5.41, 5.74) is 0.744. The number of benzene rings is 4. The van der Waals surface area contributed by atoms with E-state index in [0.29, 0.717) is 28.9 Å². The van der Waals surface area contributed by atoms with Gasteiger partial charge in [-0.15, -0.1) is 0 Å². The second kappa shape index (κ2) is 16.2. The van der Waals surface area contributed by atoms with Crippen LogP contribution in [-0.4, -0.2) is 44.3 Å². The maximum atomic E-state index is 14.5. The van der Waals surface area contributed by atoms with Crippen LogP contribution in [0.2, 0.25) is 5.02 Å². The molecule has 254 valence electrons. The van der Waals surface area contributed by atoms with Gasteiger partial charge < -0.3 is 10.2 Å². The number of sulfonamides is 1. The Balaban J connectivity index is 1.84. The zero-order chi connectivity index (χ0) is 34.9. The minimum atomic E-state index is -4.89. The minimum absolute atomic E-state index is 0.0640. The number of hydrogen-bond donors (Lipinski definition) is 1. The molecule has 0 bridgehead atoms. The van der Waals surface area contributed by atoms with E-state index >= 15 is 0 Å². The molecule has 12 heteroatoms. The van der Waals surface area contributed by atoms with Crippen LogP contribution >= 0.6 is 11.6 Å². The highest BCUT2D eigenvalue weighted by Gasteiger charge is 2.37. The van der Waals surface area contributed by atoms with Crippen LogP contribution in [0.25, 0.3) is 0 Å². The zero-order valence-electron chi connectivity index (χ0n) is 26.6. The van der Waals surface area contributed by atoms with Crippen molar-refractivity contribution in [2.24, 2.45) is 0 Å². The summed E-state index contributed by atoms with van der Waals surface area (Å²) in [6.45, 7) is 3.29. The van der Waals surface area contributed by atoms with E-state index in [1.807, 2.05) is 44.2 Å². The average Bonchev–Trinajstić information content (AvgIpc) is 3.06. The number of hydrogen-bond acceptors (Lipinski definition) is 4. The molecule has 0 aliphatic carbocycles. The van der Waals surface area contributed by atoms with Crippen LogP contribution < -0.4 is 9.62 Å². The molecular weight excluding hydrogens is 663 g/mol. The van der Waals surface area contributed by atoms with Gasteiger partial charge in [0.25, 0.3) is 10.0 Å². The van der Waals surface area contributed by atoms with Gasteiger partial charge in [-0.05, 0) is 54.8 Å². The van der Waals surface area contributed by atoms with E-state index in [4.69, 9.17) is 11.6 Å². The van der Waals surface area contributed by atoms with Gasteiger partial charge >= 0.3 is 6.18 Å². The van der Waals surface area contributed by atoms with Crippen LogP contribution in [0, 0.1) is 6.92 Å².